The molecule has 146 valence electrons. The van der Waals surface area contributed by atoms with Gasteiger partial charge in [0, 0.05) is 30.7 Å². The molecule has 0 radical (unpaired) electrons. The maximum absolute atomic E-state index is 13.3. The van der Waals surface area contributed by atoms with E-state index in [0.717, 1.165) is 36.9 Å². The number of benzene rings is 1. The van der Waals surface area contributed by atoms with Gasteiger partial charge in [-0.1, -0.05) is 6.92 Å². The van der Waals surface area contributed by atoms with Gasteiger partial charge in [0.15, 0.2) is 0 Å². The number of rotatable bonds is 2. The highest BCUT2D eigenvalue weighted by Gasteiger charge is 2.59. The molecule has 6 heteroatoms. The summed E-state index contributed by atoms with van der Waals surface area (Å²) >= 11 is 0. The molecule has 1 aromatic carbocycles. The Morgan fingerprint density at radius 3 is 2.79 bits per heavy atom. The normalized spacial score (nSPS) is 31.2. The van der Waals surface area contributed by atoms with Crippen LogP contribution in [0.2, 0.25) is 0 Å². The Morgan fingerprint density at radius 1 is 1.29 bits per heavy atom. The number of nitrogens with two attached hydrogens (primary N) is 1. The highest BCUT2D eigenvalue weighted by atomic mass is 19.1. The first kappa shape index (κ1) is 17.6. The average Bonchev–Trinajstić information content (AvgIpc) is 3.17. The van der Waals surface area contributed by atoms with E-state index < -0.39 is 0 Å². The first-order valence-electron chi connectivity index (χ1n) is 9.94. The molecule has 2 aliphatic heterocycles. The van der Waals surface area contributed by atoms with E-state index in [2.05, 4.69) is 11.9 Å². The van der Waals surface area contributed by atoms with Gasteiger partial charge in [0.25, 0.3) is 0 Å². The van der Waals surface area contributed by atoms with Crippen molar-refractivity contribution in [3.63, 3.8) is 0 Å². The summed E-state index contributed by atoms with van der Waals surface area (Å²) in [6.07, 6.45) is 5.10. The summed E-state index contributed by atoms with van der Waals surface area (Å²) in [6, 6.07) is 8.17. The van der Waals surface area contributed by atoms with Gasteiger partial charge in [0.05, 0.1) is 11.6 Å². The van der Waals surface area contributed by atoms with Crippen molar-refractivity contribution >= 4 is 5.91 Å². The summed E-state index contributed by atoms with van der Waals surface area (Å²) in [5.41, 5.74) is 7.93. The quantitative estimate of drug-likeness (QED) is 0.866. The summed E-state index contributed by atoms with van der Waals surface area (Å²) < 4.78 is 18.9. The van der Waals surface area contributed by atoms with Crippen LogP contribution in [0.1, 0.15) is 37.4 Å². The minimum Gasteiger partial charge on any atom is -0.456 e. The Labute approximate surface area is 163 Å². The van der Waals surface area contributed by atoms with Gasteiger partial charge in [-0.3, -0.25) is 9.78 Å². The number of nitrogens with zero attached hydrogens (tertiary/aromatic N) is 2. The van der Waals surface area contributed by atoms with E-state index in [1.165, 1.54) is 12.1 Å². The molecular weight excluding hydrogens is 357 g/mol. The van der Waals surface area contributed by atoms with Gasteiger partial charge in [0.2, 0.25) is 5.91 Å². The van der Waals surface area contributed by atoms with Crippen molar-refractivity contribution in [2.45, 2.75) is 51.2 Å². The maximum atomic E-state index is 13.3. The van der Waals surface area contributed by atoms with E-state index in [1.807, 2.05) is 11.0 Å². The SMILES string of the molecule is CC1C2Cc3ncc(Oc4ccc(F)cc4)cc3CN2C(=O)[C@]12CC[C@@H](N)C2. The van der Waals surface area contributed by atoms with Gasteiger partial charge >= 0.3 is 0 Å². The zero-order valence-corrected chi connectivity index (χ0v) is 15.9. The molecule has 3 heterocycles. The van der Waals surface area contributed by atoms with Crippen LogP contribution in [0.3, 0.4) is 0 Å². The van der Waals surface area contributed by atoms with E-state index in [-0.39, 0.29) is 29.2 Å². The Hall–Kier alpha value is -2.47. The van der Waals surface area contributed by atoms with Gasteiger partial charge < -0.3 is 15.4 Å². The lowest BCUT2D eigenvalue weighted by molar-refractivity contribution is -0.137. The number of hydrogen-bond acceptors (Lipinski definition) is 4. The molecule has 1 aromatic heterocycles. The second kappa shape index (κ2) is 6.27. The summed E-state index contributed by atoms with van der Waals surface area (Å²) in [5.74, 6) is 1.40. The van der Waals surface area contributed by atoms with Crippen molar-refractivity contribution in [3.05, 3.63) is 53.6 Å². The average molecular weight is 381 g/mol. The molecule has 0 bridgehead atoms. The Kier molecular flexibility index (Phi) is 3.95. The lowest BCUT2D eigenvalue weighted by atomic mass is 9.73. The number of carbonyl (C=O) groups excluding carboxylic acids is 1. The predicted molar refractivity (Wildman–Crippen MR) is 102 cm³/mol. The number of fused-ring (bicyclic) bond motifs is 2. The molecule has 1 saturated carbocycles. The smallest absolute Gasteiger partial charge is 0.229 e. The summed E-state index contributed by atoms with van der Waals surface area (Å²) in [4.78, 5) is 20.0. The second-order valence-electron chi connectivity index (χ2n) is 8.49. The molecule has 4 atom stereocenters. The highest BCUT2D eigenvalue weighted by Crippen LogP contribution is 2.54. The largest absolute Gasteiger partial charge is 0.456 e. The summed E-state index contributed by atoms with van der Waals surface area (Å²) in [6.45, 7) is 2.77. The van der Waals surface area contributed by atoms with Crippen LogP contribution in [-0.2, 0) is 17.8 Å². The van der Waals surface area contributed by atoms with Crippen LogP contribution in [0.25, 0.3) is 0 Å². The molecule has 2 fully saturated rings. The molecular formula is C22H24FN3O2. The molecule has 2 unspecified atom stereocenters. The van der Waals surface area contributed by atoms with Gasteiger partial charge in [-0.05, 0) is 61.1 Å². The van der Waals surface area contributed by atoms with E-state index >= 15 is 0 Å². The summed E-state index contributed by atoms with van der Waals surface area (Å²) in [7, 11) is 0. The second-order valence-corrected chi connectivity index (χ2v) is 8.49. The Morgan fingerprint density at radius 2 is 2.07 bits per heavy atom. The van der Waals surface area contributed by atoms with E-state index in [4.69, 9.17) is 10.5 Å². The number of halogens is 1. The summed E-state index contributed by atoms with van der Waals surface area (Å²) in [5, 5.41) is 0. The third-order valence-electron chi connectivity index (χ3n) is 6.95. The fourth-order valence-corrected chi connectivity index (χ4v) is 5.38. The van der Waals surface area contributed by atoms with Crippen LogP contribution < -0.4 is 10.5 Å². The third kappa shape index (κ3) is 2.62. The molecule has 5 rings (SSSR count). The molecule has 1 saturated heterocycles. The van der Waals surface area contributed by atoms with Gasteiger partial charge in [-0.2, -0.15) is 0 Å². The molecule has 2 aromatic rings. The number of hydrogen-bond donors (Lipinski definition) is 1. The van der Waals surface area contributed by atoms with Crippen LogP contribution in [0, 0.1) is 17.2 Å². The van der Waals surface area contributed by atoms with Gasteiger partial charge in [-0.25, -0.2) is 4.39 Å². The monoisotopic (exact) mass is 381 g/mol. The van der Waals surface area contributed by atoms with Crippen molar-refractivity contribution in [1.82, 2.24) is 9.88 Å². The van der Waals surface area contributed by atoms with Crippen LogP contribution in [0.5, 0.6) is 11.5 Å². The van der Waals surface area contributed by atoms with Crippen molar-refractivity contribution < 1.29 is 13.9 Å². The lowest BCUT2D eigenvalue weighted by Gasteiger charge is -2.32. The first-order valence-corrected chi connectivity index (χ1v) is 9.94. The number of amides is 1. The van der Waals surface area contributed by atoms with Crippen LogP contribution in [0.4, 0.5) is 4.39 Å². The third-order valence-corrected chi connectivity index (χ3v) is 6.95. The molecule has 1 spiro atoms. The molecule has 1 amide bonds. The number of pyridine rings is 1. The number of ether oxygens (including phenoxy) is 1. The minimum absolute atomic E-state index is 0.129. The van der Waals surface area contributed by atoms with E-state index in [1.54, 1.807) is 18.3 Å². The van der Waals surface area contributed by atoms with Gasteiger partial charge in [0.1, 0.15) is 17.3 Å². The van der Waals surface area contributed by atoms with Crippen molar-refractivity contribution in [2.24, 2.45) is 17.1 Å². The fourth-order valence-electron chi connectivity index (χ4n) is 5.38. The van der Waals surface area contributed by atoms with Crippen molar-refractivity contribution in [2.75, 3.05) is 0 Å². The molecule has 28 heavy (non-hydrogen) atoms. The Balaban J connectivity index is 1.40. The first-order chi connectivity index (χ1) is 13.5. The van der Waals surface area contributed by atoms with Crippen LogP contribution >= 0.6 is 0 Å². The van der Waals surface area contributed by atoms with Crippen molar-refractivity contribution in [3.8, 4) is 11.5 Å². The standard InChI is InChI=1S/C22H24FN3O2/c1-13-20-9-19-14(12-26(20)21(27)22(13)7-6-16(24)10-22)8-18(11-25-19)28-17-4-2-15(23)3-5-17/h2-5,8,11,13,16,20H,6-7,9-10,12,24H2,1H3/t13?,16-,20?,22+/m1/s1. The van der Waals surface area contributed by atoms with Crippen LogP contribution in [0.15, 0.2) is 36.5 Å². The van der Waals surface area contributed by atoms with E-state index in [9.17, 15) is 9.18 Å². The molecule has 2 N–H and O–H groups in total. The number of carbonyl (C=O) groups is 1. The number of aromatic nitrogens is 1. The zero-order chi connectivity index (χ0) is 19.5. The van der Waals surface area contributed by atoms with Gasteiger partial charge in [-0.15, -0.1) is 0 Å². The Bertz CT molecular complexity index is 932. The minimum atomic E-state index is -0.302. The highest BCUT2D eigenvalue weighted by molar-refractivity contribution is 5.87. The van der Waals surface area contributed by atoms with E-state index in [0.29, 0.717) is 24.0 Å². The fraction of sp³-hybridized carbons (Fsp3) is 0.455. The predicted octanol–water partition coefficient (Wildman–Crippen LogP) is 3.41. The lowest BCUT2D eigenvalue weighted by Crippen LogP contribution is -2.40. The molecule has 1 aliphatic carbocycles. The van der Waals surface area contributed by atoms with Crippen LogP contribution in [-0.4, -0.2) is 27.9 Å². The molecule has 5 nitrogen and oxygen atoms in total. The maximum Gasteiger partial charge on any atom is 0.229 e. The topological polar surface area (TPSA) is 68.5 Å². The molecule has 3 aliphatic rings. The van der Waals surface area contributed by atoms with Crippen molar-refractivity contribution in [1.29, 1.82) is 0 Å². The zero-order valence-electron chi connectivity index (χ0n) is 15.9.